The molecule has 6 heteroatoms. The van der Waals surface area contributed by atoms with Gasteiger partial charge in [-0.15, -0.1) is 36.2 Å². The van der Waals surface area contributed by atoms with E-state index in [-0.39, 0.29) is 24.8 Å². The van der Waals surface area contributed by atoms with Gasteiger partial charge in [-0.2, -0.15) is 0 Å². The van der Waals surface area contributed by atoms with Crippen LogP contribution in [0.15, 0.2) is 12.1 Å². The zero-order valence-electron chi connectivity index (χ0n) is 11.4. The summed E-state index contributed by atoms with van der Waals surface area (Å²) in [5, 5.41) is 3.42. The van der Waals surface area contributed by atoms with Crippen LogP contribution in [0.3, 0.4) is 0 Å². The van der Waals surface area contributed by atoms with Crippen LogP contribution in [0.25, 0.3) is 0 Å². The highest BCUT2D eigenvalue weighted by atomic mass is 35.5. The van der Waals surface area contributed by atoms with Crippen molar-refractivity contribution in [1.29, 1.82) is 0 Å². The molecule has 2 heterocycles. The van der Waals surface area contributed by atoms with E-state index in [2.05, 4.69) is 30.1 Å². The molecule has 1 aliphatic heterocycles. The molecule has 0 amide bonds. The standard InChI is InChI=1S/C13H21ClN2S.2ClH/c1-3-10(2)13(11-4-5-12(14)17-11)16-8-6-15-7-9-16;;/h4-5,10,13,15H,3,6-9H2,1-2H3;2*1H/t10?,13-;;/m1../s1. The van der Waals surface area contributed by atoms with E-state index in [0.29, 0.717) is 12.0 Å². The van der Waals surface area contributed by atoms with Crippen molar-refractivity contribution in [2.45, 2.75) is 26.3 Å². The van der Waals surface area contributed by atoms with E-state index in [4.69, 9.17) is 11.6 Å². The molecule has 1 saturated heterocycles. The van der Waals surface area contributed by atoms with Gasteiger partial charge >= 0.3 is 0 Å². The largest absolute Gasteiger partial charge is 0.314 e. The van der Waals surface area contributed by atoms with Gasteiger partial charge < -0.3 is 5.32 Å². The van der Waals surface area contributed by atoms with E-state index in [1.54, 1.807) is 11.3 Å². The van der Waals surface area contributed by atoms with Crippen LogP contribution in [-0.4, -0.2) is 31.1 Å². The predicted molar refractivity (Wildman–Crippen MR) is 90.5 cm³/mol. The van der Waals surface area contributed by atoms with Gasteiger partial charge in [0.2, 0.25) is 0 Å². The second-order valence-electron chi connectivity index (χ2n) is 4.76. The minimum absolute atomic E-state index is 0. The van der Waals surface area contributed by atoms with Gasteiger partial charge in [-0.3, -0.25) is 4.90 Å². The summed E-state index contributed by atoms with van der Waals surface area (Å²) in [4.78, 5) is 4.03. The van der Waals surface area contributed by atoms with E-state index in [1.807, 2.05) is 6.07 Å². The molecule has 0 spiro atoms. The van der Waals surface area contributed by atoms with Gasteiger partial charge in [-0.25, -0.2) is 0 Å². The fourth-order valence-corrected chi connectivity index (χ4v) is 3.82. The molecule has 0 aliphatic carbocycles. The molecule has 2 nitrogen and oxygen atoms in total. The fraction of sp³-hybridized carbons (Fsp3) is 0.692. The van der Waals surface area contributed by atoms with Crippen LogP contribution in [-0.2, 0) is 0 Å². The molecule has 1 aliphatic rings. The molecule has 0 saturated carbocycles. The van der Waals surface area contributed by atoms with E-state index < -0.39 is 0 Å². The number of halogens is 3. The third-order valence-corrected chi connectivity index (χ3v) is 4.92. The van der Waals surface area contributed by atoms with E-state index in [0.717, 1.165) is 30.5 Å². The molecule has 2 rings (SSSR count). The molecular weight excluding hydrogens is 323 g/mol. The van der Waals surface area contributed by atoms with Crippen LogP contribution < -0.4 is 5.32 Å². The maximum atomic E-state index is 6.08. The Kier molecular flexibility index (Phi) is 9.67. The second kappa shape index (κ2) is 9.43. The Morgan fingerprint density at radius 1 is 1.32 bits per heavy atom. The number of hydrogen-bond donors (Lipinski definition) is 1. The molecule has 1 aromatic heterocycles. The van der Waals surface area contributed by atoms with Crippen molar-refractivity contribution >= 4 is 47.8 Å². The van der Waals surface area contributed by atoms with E-state index in [9.17, 15) is 0 Å². The summed E-state index contributed by atoms with van der Waals surface area (Å²) in [6.45, 7) is 9.11. The average Bonchev–Trinajstić information content (AvgIpc) is 2.77. The lowest BCUT2D eigenvalue weighted by atomic mass is 9.95. The Morgan fingerprint density at radius 3 is 2.42 bits per heavy atom. The first-order chi connectivity index (χ1) is 8.22. The Morgan fingerprint density at radius 2 is 1.95 bits per heavy atom. The van der Waals surface area contributed by atoms with Crippen LogP contribution >= 0.6 is 47.8 Å². The van der Waals surface area contributed by atoms with Gasteiger partial charge in [-0.05, 0) is 18.1 Å². The van der Waals surface area contributed by atoms with Crippen molar-refractivity contribution in [1.82, 2.24) is 10.2 Å². The summed E-state index contributed by atoms with van der Waals surface area (Å²) in [5.41, 5.74) is 0. The molecule has 0 aromatic carbocycles. The normalized spacial score (nSPS) is 19.1. The summed E-state index contributed by atoms with van der Waals surface area (Å²) >= 11 is 7.82. The zero-order chi connectivity index (χ0) is 12.3. The highest BCUT2D eigenvalue weighted by Gasteiger charge is 2.27. The number of piperazine rings is 1. The molecular formula is C13H23Cl3N2S. The fourth-order valence-electron chi connectivity index (χ4n) is 2.49. The molecule has 0 bridgehead atoms. The SMILES string of the molecule is CCC(C)[C@H](c1ccc(Cl)s1)N1CCNCC1.Cl.Cl. The Balaban J connectivity index is 0.00000162. The lowest BCUT2D eigenvalue weighted by molar-refractivity contribution is 0.131. The van der Waals surface area contributed by atoms with Gasteiger partial charge in [0.15, 0.2) is 0 Å². The maximum Gasteiger partial charge on any atom is 0.0931 e. The summed E-state index contributed by atoms with van der Waals surface area (Å²) in [5.74, 6) is 0.683. The molecule has 0 radical (unpaired) electrons. The Labute approximate surface area is 137 Å². The molecule has 1 N–H and O–H groups in total. The van der Waals surface area contributed by atoms with Crippen molar-refractivity contribution in [3.8, 4) is 0 Å². The zero-order valence-corrected chi connectivity index (χ0v) is 14.6. The van der Waals surface area contributed by atoms with Crippen molar-refractivity contribution in [2.24, 2.45) is 5.92 Å². The minimum Gasteiger partial charge on any atom is -0.314 e. The molecule has 1 fully saturated rings. The first-order valence-electron chi connectivity index (χ1n) is 6.42. The Hall–Kier alpha value is 0.490. The highest BCUT2D eigenvalue weighted by Crippen LogP contribution is 2.36. The quantitative estimate of drug-likeness (QED) is 0.878. The number of thiophene rings is 1. The van der Waals surface area contributed by atoms with Crippen molar-refractivity contribution in [3.63, 3.8) is 0 Å². The topological polar surface area (TPSA) is 15.3 Å². The van der Waals surface area contributed by atoms with Crippen LogP contribution in [0.4, 0.5) is 0 Å². The number of nitrogens with one attached hydrogen (secondary N) is 1. The van der Waals surface area contributed by atoms with Gasteiger partial charge in [-0.1, -0.05) is 31.9 Å². The van der Waals surface area contributed by atoms with E-state index >= 15 is 0 Å². The number of rotatable bonds is 4. The van der Waals surface area contributed by atoms with Gasteiger partial charge in [0, 0.05) is 37.1 Å². The molecule has 19 heavy (non-hydrogen) atoms. The maximum absolute atomic E-state index is 6.08. The third kappa shape index (κ3) is 5.07. The van der Waals surface area contributed by atoms with Gasteiger partial charge in [0.05, 0.1) is 4.34 Å². The lowest BCUT2D eigenvalue weighted by Crippen LogP contribution is -2.46. The Bertz CT molecular complexity index is 353. The molecule has 112 valence electrons. The number of nitrogens with zero attached hydrogens (tertiary/aromatic N) is 1. The third-order valence-electron chi connectivity index (χ3n) is 3.61. The predicted octanol–water partition coefficient (Wildman–Crippen LogP) is 4.24. The lowest BCUT2D eigenvalue weighted by Gasteiger charge is -2.37. The van der Waals surface area contributed by atoms with Crippen molar-refractivity contribution in [2.75, 3.05) is 26.2 Å². The van der Waals surface area contributed by atoms with Crippen molar-refractivity contribution in [3.05, 3.63) is 21.3 Å². The summed E-state index contributed by atoms with van der Waals surface area (Å²) in [6, 6.07) is 4.77. The van der Waals surface area contributed by atoms with E-state index in [1.165, 1.54) is 11.3 Å². The summed E-state index contributed by atoms with van der Waals surface area (Å²) in [6.07, 6.45) is 1.21. The highest BCUT2D eigenvalue weighted by molar-refractivity contribution is 7.16. The summed E-state index contributed by atoms with van der Waals surface area (Å²) in [7, 11) is 0. The first kappa shape index (κ1) is 19.5. The second-order valence-corrected chi connectivity index (χ2v) is 6.50. The monoisotopic (exact) mass is 344 g/mol. The van der Waals surface area contributed by atoms with Crippen LogP contribution in [0, 0.1) is 5.92 Å². The molecule has 1 aromatic rings. The van der Waals surface area contributed by atoms with Crippen LogP contribution in [0.2, 0.25) is 4.34 Å². The van der Waals surface area contributed by atoms with Crippen LogP contribution in [0.5, 0.6) is 0 Å². The van der Waals surface area contributed by atoms with Gasteiger partial charge in [0.25, 0.3) is 0 Å². The smallest absolute Gasteiger partial charge is 0.0931 e. The van der Waals surface area contributed by atoms with Crippen LogP contribution in [0.1, 0.15) is 31.2 Å². The first-order valence-corrected chi connectivity index (χ1v) is 7.61. The minimum atomic E-state index is 0. The average molecular weight is 346 g/mol. The molecule has 1 unspecified atom stereocenters. The van der Waals surface area contributed by atoms with Crippen molar-refractivity contribution < 1.29 is 0 Å². The molecule has 2 atom stereocenters. The number of hydrogen-bond acceptors (Lipinski definition) is 3. The summed E-state index contributed by atoms with van der Waals surface area (Å²) < 4.78 is 0.906. The van der Waals surface area contributed by atoms with Gasteiger partial charge in [0.1, 0.15) is 0 Å².